The second-order valence-corrected chi connectivity index (χ2v) is 3.40. The quantitative estimate of drug-likeness (QED) is 0.339. The van der Waals surface area contributed by atoms with Crippen molar-refractivity contribution in [2.75, 3.05) is 13.2 Å². The van der Waals surface area contributed by atoms with E-state index < -0.39 is 49.9 Å². The molecule has 1 rings (SSSR count). The maximum absolute atomic E-state index is 10.2. The largest absolute Gasteiger partial charge is 0.480 e. The Hall–Kier alpha value is -0.770. The van der Waals surface area contributed by atoms with E-state index >= 15 is 0 Å². The van der Waals surface area contributed by atoms with Crippen LogP contribution < -0.4 is 0 Å². The number of ether oxygens (including phenoxy) is 2. The molecule has 0 spiro atoms. The van der Waals surface area contributed by atoms with Crippen LogP contribution in [0.15, 0.2) is 0 Å². The molecule has 0 amide bonds. The van der Waals surface area contributed by atoms with Crippen molar-refractivity contribution in [1.29, 1.82) is 0 Å². The average molecular weight is 238 g/mol. The third-order valence-electron chi connectivity index (χ3n) is 2.19. The number of aliphatic carboxylic acids is 1. The molecule has 1 heterocycles. The van der Waals surface area contributed by atoms with Gasteiger partial charge < -0.3 is 35.0 Å². The van der Waals surface area contributed by atoms with Gasteiger partial charge in [0.1, 0.15) is 31.0 Å². The van der Waals surface area contributed by atoms with Gasteiger partial charge in [-0.3, -0.25) is 0 Å². The van der Waals surface area contributed by atoms with Crippen molar-refractivity contribution in [3.8, 4) is 0 Å². The van der Waals surface area contributed by atoms with Gasteiger partial charge in [0.05, 0.1) is 6.61 Å². The number of carboxylic acid groups (broad SMARTS) is 1. The fourth-order valence-corrected chi connectivity index (χ4v) is 1.38. The highest BCUT2D eigenvalue weighted by molar-refractivity contribution is 5.68. The van der Waals surface area contributed by atoms with E-state index in [9.17, 15) is 20.1 Å². The van der Waals surface area contributed by atoms with Gasteiger partial charge in [-0.2, -0.15) is 0 Å². The molecule has 5 atom stereocenters. The maximum Gasteiger partial charge on any atom is 0.329 e. The van der Waals surface area contributed by atoms with Gasteiger partial charge in [-0.05, 0) is 0 Å². The summed E-state index contributed by atoms with van der Waals surface area (Å²) in [6.45, 7) is -1.35. The molecule has 1 saturated heterocycles. The second-order valence-electron chi connectivity index (χ2n) is 3.40. The van der Waals surface area contributed by atoms with Crippen LogP contribution in [0.1, 0.15) is 0 Å². The zero-order chi connectivity index (χ0) is 12.3. The molecule has 0 radical (unpaired) electrons. The summed E-state index contributed by atoms with van der Waals surface area (Å²) in [5.74, 6) is -1.25. The molecule has 1 aliphatic rings. The lowest BCUT2D eigenvalue weighted by atomic mass is 10.1. The molecule has 0 aromatic carbocycles. The zero-order valence-electron chi connectivity index (χ0n) is 8.26. The van der Waals surface area contributed by atoms with Crippen LogP contribution in [0.2, 0.25) is 0 Å². The maximum atomic E-state index is 10.2. The molecule has 0 bridgehead atoms. The third-order valence-corrected chi connectivity index (χ3v) is 2.19. The Bertz CT molecular complexity index is 244. The summed E-state index contributed by atoms with van der Waals surface area (Å²) < 4.78 is 9.54. The summed E-state index contributed by atoms with van der Waals surface area (Å²) >= 11 is 0. The molecule has 2 unspecified atom stereocenters. The monoisotopic (exact) mass is 238 g/mol. The summed E-state index contributed by atoms with van der Waals surface area (Å²) in [6.07, 6.45) is -6.83. The first-order valence-corrected chi connectivity index (χ1v) is 4.61. The predicted molar refractivity (Wildman–Crippen MR) is 47.4 cm³/mol. The summed E-state index contributed by atoms with van der Waals surface area (Å²) in [5, 5.41) is 45.0. The van der Waals surface area contributed by atoms with Gasteiger partial charge >= 0.3 is 5.97 Å². The van der Waals surface area contributed by atoms with Crippen LogP contribution in [-0.4, -0.2) is 75.4 Å². The van der Waals surface area contributed by atoms with Crippen molar-refractivity contribution < 1.29 is 39.8 Å². The Labute approximate surface area is 90.6 Å². The van der Waals surface area contributed by atoms with Crippen LogP contribution in [-0.2, 0) is 14.3 Å². The van der Waals surface area contributed by atoms with Crippen molar-refractivity contribution in [2.24, 2.45) is 0 Å². The highest BCUT2D eigenvalue weighted by atomic mass is 16.7. The minimum absolute atomic E-state index is 0.653. The highest BCUT2D eigenvalue weighted by Crippen LogP contribution is 2.24. The Morgan fingerprint density at radius 1 is 1.38 bits per heavy atom. The van der Waals surface area contributed by atoms with Crippen LogP contribution in [0.25, 0.3) is 0 Å². The smallest absolute Gasteiger partial charge is 0.329 e. The summed E-state index contributed by atoms with van der Waals surface area (Å²) in [6, 6.07) is 0. The van der Waals surface area contributed by atoms with E-state index in [1.54, 1.807) is 0 Å². The molecule has 0 saturated carbocycles. The van der Waals surface area contributed by atoms with Crippen LogP contribution >= 0.6 is 0 Å². The lowest BCUT2D eigenvalue weighted by molar-refractivity contribution is -0.189. The van der Waals surface area contributed by atoms with E-state index in [0.717, 1.165) is 0 Å². The predicted octanol–water partition coefficient (Wildman–Crippen LogP) is -3.11. The fourth-order valence-electron chi connectivity index (χ4n) is 1.38. The summed E-state index contributed by atoms with van der Waals surface area (Å²) in [7, 11) is 0. The van der Waals surface area contributed by atoms with Crippen molar-refractivity contribution >= 4 is 5.97 Å². The van der Waals surface area contributed by atoms with Crippen molar-refractivity contribution in [1.82, 2.24) is 0 Å². The highest BCUT2D eigenvalue weighted by Gasteiger charge is 2.46. The zero-order valence-corrected chi connectivity index (χ0v) is 8.26. The fraction of sp³-hybridized carbons (Fsp3) is 0.875. The van der Waals surface area contributed by atoms with Gasteiger partial charge in [0.2, 0.25) is 0 Å². The van der Waals surface area contributed by atoms with E-state index in [2.05, 4.69) is 4.74 Å². The van der Waals surface area contributed by atoms with E-state index in [0.29, 0.717) is 0 Å². The molecule has 94 valence electrons. The molecular formula is C8H14O8. The molecule has 0 aromatic rings. The minimum atomic E-state index is -1.47. The first kappa shape index (κ1) is 13.3. The summed E-state index contributed by atoms with van der Waals surface area (Å²) in [4.78, 5) is 10.2. The van der Waals surface area contributed by atoms with Gasteiger partial charge in [-0.1, -0.05) is 0 Å². The molecule has 0 aliphatic carbocycles. The molecule has 1 fully saturated rings. The van der Waals surface area contributed by atoms with Crippen molar-refractivity contribution in [3.05, 3.63) is 0 Å². The normalized spacial score (nSPS) is 36.2. The Morgan fingerprint density at radius 3 is 2.50 bits per heavy atom. The number of hydrogen-bond acceptors (Lipinski definition) is 7. The minimum Gasteiger partial charge on any atom is -0.480 e. The first-order chi connectivity index (χ1) is 7.47. The van der Waals surface area contributed by atoms with Gasteiger partial charge in [0, 0.05) is 0 Å². The second kappa shape index (κ2) is 5.53. The molecule has 16 heavy (non-hydrogen) atoms. The van der Waals surface area contributed by atoms with E-state index in [4.69, 9.17) is 14.9 Å². The number of carboxylic acids is 1. The molecule has 1 aliphatic heterocycles. The van der Waals surface area contributed by atoms with E-state index in [1.165, 1.54) is 0 Å². The van der Waals surface area contributed by atoms with Gasteiger partial charge in [-0.15, -0.1) is 0 Å². The lowest BCUT2D eigenvalue weighted by Gasteiger charge is -2.18. The molecule has 8 heteroatoms. The van der Waals surface area contributed by atoms with Crippen LogP contribution in [0.4, 0.5) is 0 Å². The lowest BCUT2D eigenvalue weighted by Crippen LogP contribution is -2.40. The molecular weight excluding hydrogens is 224 g/mol. The van der Waals surface area contributed by atoms with Crippen LogP contribution in [0.5, 0.6) is 0 Å². The van der Waals surface area contributed by atoms with Gasteiger partial charge in [0.25, 0.3) is 0 Å². The van der Waals surface area contributed by atoms with Gasteiger partial charge in [-0.25, -0.2) is 4.79 Å². The van der Waals surface area contributed by atoms with Gasteiger partial charge in [0.15, 0.2) is 6.29 Å². The van der Waals surface area contributed by atoms with Crippen molar-refractivity contribution in [3.63, 3.8) is 0 Å². The molecule has 5 N–H and O–H groups in total. The topological polar surface area (TPSA) is 137 Å². The Balaban J connectivity index is 2.53. The first-order valence-electron chi connectivity index (χ1n) is 4.61. The average Bonchev–Trinajstić information content (AvgIpc) is 2.52. The van der Waals surface area contributed by atoms with Crippen molar-refractivity contribution in [2.45, 2.75) is 30.7 Å². The number of aliphatic hydroxyl groups excluding tert-OH is 4. The van der Waals surface area contributed by atoms with Crippen LogP contribution in [0.3, 0.4) is 0 Å². The van der Waals surface area contributed by atoms with E-state index in [1.807, 2.05) is 0 Å². The van der Waals surface area contributed by atoms with Crippen LogP contribution in [0, 0.1) is 0 Å². The number of aliphatic hydroxyl groups is 4. The SMILES string of the molecule is O=C(O)COC1O[C@H](C(O)CO)[C@H](O)[C@@H]1O. The summed E-state index contributed by atoms with van der Waals surface area (Å²) in [5.41, 5.74) is 0. The van der Waals surface area contributed by atoms with E-state index in [-0.39, 0.29) is 0 Å². The number of carbonyl (C=O) groups is 1. The Kier molecular flexibility index (Phi) is 4.59. The third kappa shape index (κ3) is 2.88. The standard InChI is InChI=1S/C8H14O8/c9-1-3(10)7-5(13)6(14)8(16-7)15-2-4(11)12/h3,5-10,13-14H,1-2H2,(H,11,12)/t3?,5-,6+,7-,8?/m1/s1. The molecule has 8 nitrogen and oxygen atoms in total. The Morgan fingerprint density at radius 2 is 2.00 bits per heavy atom. The molecule has 0 aromatic heterocycles. The number of rotatable bonds is 5. The number of hydrogen-bond donors (Lipinski definition) is 5.